The molecule has 0 radical (unpaired) electrons. The van der Waals surface area contributed by atoms with Crippen molar-refractivity contribution in [2.75, 3.05) is 0 Å². The molecule has 0 aliphatic rings. The molecule has 1 aromatic carbocycles. The van der Waals surface area contributed by atoms with Crippen LogP contribution in [0.1, 0.15) is 12.5 Å². The fourth-order valence-corrected chi connectivity index (χ4v) is 2.41. The average Bonchev–Trinajstić information content (AvgIpc) is 2.14. The Morgan fingerprint density at radius 2 is 1.88 bits per heavy atom. The molecular formula is C10H10Cl2N2O2S. The van der Waals surface area contributed by atoms with Gasteiger partial charge >= 0.3 is 0 Å². The lowest BCUT2D eigenvalue weighted by atomic mass is 10.2. The van der Waals surface area contributed by atoms with E-state index >= 15 is 0 Å². The number of rotatable bonds is 3. The summed E-state index contributed by atoms with van der Waals surface area (Å²) in [6, 6.07) is 4.88. The molecule has 0 unspecified atom stereocenters. The number of hydrogen-bond acceptors (Lipinski definition) is 3. The smallest absolute Gasteiger partial charge is 0.255 e. The van der Waals surface area contributed by atoms with Gasteiger partial charge < -0.3 is 0 Å². The van der Waals surface area contributed by atoms with Gasteiger partial charge in [0.15, 0.2) is 0 Å². The monoisotopic (exact) mass is 292 g/mol. The number of hydrogen-bond donors (Lipinski definition) is 2. The molecule has 0 amide bonds. The molecule has 4 nitrogen and oxygen atoms in total. The largest absolute Gasteiger partial charge is 0.288 e. The maximum Gasteiger partial charge on any atom is 0.255 e. The quantitative estimate of drug-likeness (QED) is 0.664. The molecule has 0 aliphatic heterocycles. The second-order valence-electron chi connectivity index (χ2n) is 3.21. The van der Waals surface area contributed by atoms with Crippen molar-refractivity contribution in [2.24, 2.45) is 0 Å². The van der Waals surface area contributed by atoms with Crippen LogP contribution in [0.25, 0.3) is 6.08 Å². The van der Waals surface area contributed by atoms with Crippen LogP contribution in [0.5, 0.6) is 0 Å². The Morgan fingerprint density at radius 1 is 1.35 bits per heavy atom. The Balaban J connectivity index is 3.03. The van der Waals surface area contributed by atoms with Gasteiger partial charge in [-0.3, -0.25) is 10.1 Å². The van der Waals surface area contributed by atoms with E-state index in [9.17, 15) is 8.42 Å². The minimum atomic E-state index is -3.68. The zero-order chi connectivity index (χ0) is 13.1. The van der Waals surface area contributed by atoms with Gasteiger partial charge in [0.1, 0.15) is 5.84 Å². The standard InChI is InChI=1S/C10H10Cl2N2O2S/c1-7(13)14-17(15,16)6-5-8-9(11)3-2-4-10(8)12/h2-6H,1H3,(H2,13,14). The number of amidine groups is 1. The zero-order valence-electron chi connectivity index (χ0n) is 8.87. The highest BCUT2D eigenvalue weighted by Crippen LogP contribution is 2.25. The third kappa shape index (κ3) is 4.38. The van der Waals surface area contributed by atoms with Gasteiger partial charge in [0.2, 0.25) is 0 Å². The van der Waals surface area contributed by atoms with E-state index in [1.54, 1.807) is 18.2 Å². The highest BCUT2D eigenvalue weighted by Gasteiger charge is 2.07. The van der Waals surface area contributed by atoms with Crippen molar-refractivity contribution >= 4 is 45.1 Å². The Kier molecular flexibility index (Phi) is 4.56. The van der Waals surface area contributed by atoms with E-state index in [0.717, 1.165) is 5.41 Å². The van der Waals surface area contributed by atoms with Crippen molar-refractivity contribution in [1.29, 1.82) is 5.41 Å². The van der Waals surface area contributed by atoms with Gasteiger partial charge in [-0.05, 0) is 25.1 Å². The van der Waals surface area contributed by atoms with Crippen LogP contribution in [0.15, 0.2) is 23.6 Å². The third-order valence-electron chi connectivity index (χ3n) is 1.71. The third-order valence-corrected chi connectivity index (χ3v) is 3.45. The Bertz CT molecular complexity index is 547. The summed E-state index contributed by atoms with van der Waals surface area (Å²) in [6.07, 6.45) is 1.29. The van der Waals surface area contributed by atoms with Crippen molar-refractivity contribution in [2.45, 2.75) is 6.92 Å². The molecule has 0 heterocycles. The molecule has 17 heavy (non-hydrogen) atoms. The molecule has 7 heteroatoms. The predicted octanol–water partition coefficient (Wildman–Crippen LogP) is 2.88. The van der Waals surface area contributed by atoms with Gasteiger partial charge in [-0.1, -0.05) is 29.3 Å². The van der Waals surface area contributed by atoms with Crippen LogP contribution >= 0.6 is 23.2 Å². The molecule has 0 aliphatic carbocycles. The molecule has 1 aromatic rings. The lowest BCUT2D eigenvalue weighted by Crippen LogP contribution is -2.25. The van der Waals surface area contributed by atoms with Crippen LogP contribution in [0, 0.1) is 5.41 Å². The molecular weight excluding hydrogens is 283 g/mol. The normalized spacial score (nSPS) is 11.7. The van der Waals surface area contributed by atoms with E-state index in [2.05, 4.69) is 0 Å². The second kappa shape index (κ2) is 5.53. The topological polar surface area (TPSA) is 70.0 Å². The van der Waals surface area contributed by atoms with Crippen LogP contribution in [-0.2, 0) is 10.0 Å². The van der Waals surface area contributed by atoms with Crippen LogP contribution in [-0.4, -0.2) is 14.3 Å². The lowest BCUT2D eigenvalue weighted by Gasteiger charge is -2.02. The van der Waals surface area contributed by atoms with Crippen LogP contribution < -0.4 is 4.72 Å². The van der Waals surface area contributed by atoms with E-state index in [-0.39, 0.29) is 5.84 Å². The molecule has 92 valence electrons. The van der Waals surface area contributed by atoms with Crippen LogP contribution in [0.4, 0.5) is 0 Å². The van der Waals surface area contributed by atoms with E-state index < -0.39 is 10.0 Å². The van der Waals surface area contributed by atoms with Crippen molar-refractivity contribution in [1.82, 2.24) is 4.72 Å². The number of halogens is 2. The van der Waals surface area contributed by atoms with Gasteiger partial charge in [0, 0.05) is 15.6 Å². The SMILES string of the molecule is CC(=N)NS(=O)(=O)C=Cc1c(Cl)cccc1Cl. The molecule has 0 bridgehead atoms. The Hall–Kier alpha value is -1.04. The summed E-state index contributed by atoms with van der Waals surface area (Å²) in [5.41, 5.74) is 0.420. The molecule has 1 rings (SSSR count). The molecule has 0 saturated carbocycles. The summed E-state index contributed by atoms with van der Waals surface area (Å²) in [6.45, 7) is 1.33. The van der Waals surface area contributed by atoms with Crippen molar-refractivity contribution in [3.05, 3.63) is 39.2 Å². The first kappa shape index (κ1) is 14.0. The fraction of sp³-hybridized carbons (Fsp3) is 0.100. The highest BCUT2D eigenvalue weighted by molar-refractivity contribution is 7.93. The minimum Gasteiger partial charge on any atom is -0.288 e. The number of sulfonamides is 1. The summed E-state index contributed by atoms with van der Waals surface area (Å²) < 4.78 is 24.8. The van der Waals surface area contributed by atoms with E-state index in [1.165, 1.54) is 13.0 Å². The van der Waals surface area contributed by atoms with Crippen molar-refractivity contribution in [3.63, 3.8) is 0 Å². The molecule has 0 saturated heterocycles. The van der Waals surface area contributed by atoms with Crippen molar-refractivity contribution in [3.8, 4) is 0 Å². The van der Waals surface area contributed by atoms with Crippen LogP contribution in [0.2, 0.25) is 10.0 Å². The minimum absolute atomic E-state index is 0.167. The highest BCUT2D eigenvalue weighted by atomic mass is 35.5. The fourth-order valence-electron chi connectivity index (χ4n) is 1.07. The maximum atomic E-state index is 11.4. The zero-order valence-corrected chi connectivity index (χ0v) is 11.2. The first-order chi connectivity index (χ1) is 7.82. The first-order valence-electron chi connectivity index (χ1n) is 4.52. The van der Waals surface area contributed by atoms with Gasteiger partial charge in [-0.2, -0.15) is 0 Å². The van der Waals surface area contributed by atoms with Crippen LogP contribution in [0.3, 0.4) is 0 Å². The second-order valence-corrected chi connectivity index (χ2v) is 5.59. The van der Waals surface area contributed by atoms with Crippen molar-refractivity contribution < 1.29 is 8.42 Å². The molecule has 2 N–H and O–H groups in total. The first-order valence-corrected chi connectivity index (χ1v) is 6.82. The molecule has 0 atom stereocenters. The summed E-state index contributed by atoms with van der Waals surface area (Å²) in [4.78, 5) is 0. The van der Waals surface area contributed by atoms with Gasteiger partial charge in [-0.25, -0.2) is 8.42 Å². The molecule has 0 fully saturated rings. The molecule has 0 aromatic heterocycles. The average molecular weight is 293 g/mol. The number of benzene rings is 1. The number of nitrogens with one attached hydrogen (secondary N) is 2. The summed E-state index contributed by atoms with van der Waals surface area (Å²) in [7, 11) is -3.68. The Labute approximate surface area is 110 Å². The Morgan fingerprint density at radius 3 is 2.35 bits per heavy atom. The summed E-state index contributed by atoms with van der Waals surface area (Å²) in [5, 5.41) is 8.67. The van der Waals surface area contributed by atoms with E-state index in [4.69, 9.17) is 28.6 Å². The van der Waals surface area contributed by atoms with Gasteiger partial charge in [0.25, 0.3) is 10.0 Å². The van der Waals surface area contributed by atoms with Gasteiger partial charge in [0.05, 0.1) is 5.41 Å². The maximum absolute atomic E-state index is 11.4. The van der Waals surface area contributed by atoms with E-state index in [1.807, 2.05) is 4.72 Å². The van der Waals surface area contributed by atoms with Gasteiger partial charge in [-0.15, -0.1) is 0 Å². The predicted molar refractivity (Wildman–Crippen MR) is 71.0 cm³/mol. The summed E-state index contributed by atoms with van der Waals surface area (Å²) >= 11 is 11.7. The summed E-state index contributed by atoms with van der Waals surface area (Å²) in [5.74, 6) is -0.167. The lowest BCUT2D eigenvalue weighted by molar-refractivity contribution is 0.601. The van der Waals surface area contributed by atoms with E-state index in [0.29, 0.717) is 15.6 Å². The molecule has 0 spiro atoms.